The zero-order valence-corrected chi connectivity index (χ0v) is 15.1. The third-order valence-electron chi connectivity index (χ3n) is 5.26. The van der Waals surface area contributed by atoms with E-state index in [-0.39, 0.29) is 18.1 Å². The number of hydrogen-bond acceptors (Lipinski definition) is 3. The Morgan fingerprint density at radius 2 is 2.04 bits per heavy atom. The lowest BCUT2D eigenvalue weighted by atomic mass is 9.92. The maximum Gasteiger partial charge on any atom is 0.257 e. The van der Waals surface area contributed by atoms with Crippen LogP contribution in [0.2, 0.25) is 5.02 Å². The van der Waals surface area contributed by atoms with Crippen LogP contribution in [0.1, 0.15) is 55.8 Å². The lowest BCUT2D eigenvalue weighted by molar-refractivity contribution is 0.0654. The molecule has 1 aromatic rings. The monoisotopic (exact) mass is 350 g/mol. The zero-order valence-electron chi connectivity index (χ0n) is 14.3. The second-order valence-electron chi connectivity index (χ2n) is 7.18. The third kappa shape index (κ3) is 4.04. The van der Waals surface area contributed by atoms with Crippen molar-refractivity contribution in [1.29, 1.82) is 0 Å². The zero-order chi connectivity index (χ0) is 17.1. The van der Waals surface area contributed by atoms with Crippen LogP contribution in [0.5, 0.6) is 5.75 Å². The lowest BCUT2D eigenvalue weighted by Crippen LogP contribution is -2.45. The number of hydrogen-bond donors (Lipinski definition) is 1. The number of piperidine rings is 1. The summed E-state index contributed by atoms with van der Waals surface area (Å²) in [7, 11) is 0. The van der Waals surface area contributed by atoms with Gasteiger partial charge < -0.3 is 15.4 Å². The van der Waals surface area contributed by atoms with E-state index in [1.165, 1.54) is 12.8 Å². The number of nitrogens with zero attached hydrogens (tertiary/aromatic N) is 1. The van der Waals surface area contributed by atoms with Crippen LogP contribution in [0.3, 0.4) is 0 Å². The first kappa shape index (κ1) is 17.6. The summed E-state index contributed by atoms with van der Waals surface area (Å²) < 4.78 is 6.12. The van der Waals surface area contributed by atoms with Crippen LogP contribution < -0.4 is 10.5 Å². The van der Waals surface area contributed by atoms with Crippen molar-refractivity contribution < 1.29 is 9.53 Å². The minimum Gasteiger partial charge on any atom is -0.490 e. The summed E-state index contributed by atoms with van der Waals surface area (Å²) in [6.07, 6.45) is 6.82. The molecule has 132 valence electrons. The maximum absolute atomic E-state index is 13.1. The molecule has 5 heteroatoms. The summed E-state index contributed by atoms with van der Waals surface area (Å²) >= 11 is 6.15. The number of benzene rings is 1. The highest BCUT2D eigenvalue weighted by molar-refractivity contribution is 6.31. The van der Waals surface area contributed by atoms with Gasteiger partial charge in [0, 0.05) is 24.2 Å². The van der Waals surface area contributed by atoms with Gasteiger partial charge in [0.25, 0.3) is 5.91 Å². The largest absolute Gasteiger partial charge is 0.490 e. The minimum atomic E-state index is 0.0100. The van der Waals surface area contributed by atoms with Gasteiger partial charge in [0.05, 0.1) is 11.7 Å². The Bertz CT molecular complexity index is 585. The van der Waals surface area contributed by atoms with Crippen molar-refractivity contribution in [3.63, 3.8) is 0 Å². The summed E-state index contributed by atoms with van der Waals surface area (Å²) in [5, 5.41) is 0.567. The molecule has 2 atom stereocenters. The molecule has 1 amide bonds. The molecule has 1 saturated carbocycles. The molecule has 1 aromatic carbocycles. The fourth-order valence-electron chi connectivity index (χ4n) is 3.75. The van der Waals surface area contributed by atoms with Crippen molar-refractivity contribution in [3.8, 4) is 5.75 Å². The number of rotatable bonds is 4. The van der Waals surface area contributed by atoms with Crippen LogP contribution in [0.4, 0.5) is 0 Å². The Labute approximate surface area is 149 Å². The number of likely N-dealkylation sites (tertiary alicyclic amines) is 1. The molecular weight excluding hydrogens is 324 g/mol. The number of carbonyl (C=O) groups is 1. The van der Waals surface area contributed by atoms with E-state index in [0.717, 1.165) is 32.2 Å². The Morgan fingerprint density at radius 1 is 1.29 bits per heavy atom. The number of halogens is 1. The van der Waals surface area contributed by atoms with Gasteiger partial charge in [-0.2, -0.15) is 0 Å². The standard InChI is InChI=1S/C19H27ClN2O2/c1-13(21)14-5-4-10-22(12-14)19(23)17-11-15(20)8-9-18(17)24-16-6-2-3-7-16/h8-9,11,13-14,16H,2-7,10,12,21H2,1H3. The molecule has 1 heterocycles. The predicted octanol–water partition coefficient (Wildman–Crippen LogP) is 3.86. The van der Waals surface area contributed by atoms with E-state index >= 15 is 0 Å². The van der Waals surface area contributed by atoms with Gasteiger partial charge >= 0.3 is 0 Å². The molecule has 0 radical (unpaired) electrons. The van der Waals surface area contributed by atoms with Crippen LogP contribution in [0, 0.1) is 5.92 Å². The van der Waals surface area contributed by atoms with Crippen molar-refractivity contribution >= 4 is 17.5 Å². The van der Waals surface area contributed by atoms with E-state index < -0.39 is 0 Å². The highest BCUT2D eigenvalue weighted by Gasteiger charge is 2.29. The van der Waals surface area contributed by atoms with Crippen LogP contribution in [-0.4, -0.2) is 36.0 Å². The Balaban J connectivity index is 1.78. The Morgan fingerprint density at radius 3 is 2.75 bits per heavy atom. The van der Waals surface area contributed by atoms with Gasteiger partial charge in [-0.25, -0.2) is 0 Å². The minimum absolute atomic E-state index is 0.0100. The summed E-state index contributed by atoms with van der Waals surface area (Å²) in [5.74, 6) is 1.04. The van der Waals surface area contributed by atoms with E-state index in [1.807, 2.05) is 17.9 Å². The second-order valence-corrected chi connectivity index (χ2v) is 7.61. The van der Waals surface area contributed by atoms with Gasteiger partial charge in [-0.1, -0.05) is 11.6 Å². The molecule has 4 nitrogen and oxygen atoms in total. The Kier molecular flexibility index (Phi) is 5.67. The molecule has 1 saturated heterocycles. The van der Waals surface area contributed by atoms with Gasteiger partial charge in [-0.05, 0) is 69.6 Å². The van der Waals surface area contributed by atoms with Crippen LogP contribution in [-0.2, 0) is 0 Å². The number of nitrogens with two attached hydrogens (primary N) is 1. The molecular formula is C19H27ClN2O2. The quantitative estimate of drug-likeness (QED) is 0.897. The van der Waals surface area contributed by atoms with Gasteiger partial charge in [0.1, 0.15) is 5.75 Å². The summed E-state index contributed by atoms with van der Waals surface area (Å²) in [4.78, 5) is 15.0. The van der Waals surface area contributed by atoms with Crippen LogP contribution in [0.25, 0.3) is 0 Å². The molecule has 1 aliphatic carbocycles. The van der Waals surface area contributed by atoms with Crippen molar-refractivity contribution in [2.75, 3.05) is 13.1 Å². The smallest absolute Gasteiger partial charge is 0.257 e. The van der Waals surface area contributed by atoms with E-state index in [4.69, 9.17) is 22.1 Å². The van der Waals surface area contributed by atoms with Crippen molar-refractivity contribution in [1.82, 2.24) is 4.90 Å². The van der Waals surface area contributed by atoms with E-state index in [0.29, 0.717) is 28.8 Å². The fraction of sp³-hybridized carbons (Fsp3) is 0.632. The van der Waals surface area contributed by atoms with E-state index in [2.05, 4.69) is 0 Å². The number of amides is 1. The average Bonchev–Trinajstić information content (AvgIpc) is 3.09. The first-order valence-corrected chi connectivity index (χ1v) is 9.43. The molecule has 1 aliphatic heterocycles. The lowest BCUT2D eigenvalue weighted by Gasteiger charge is -2.35. The van der Waals surface area contributed by atoms with Crippen LogP contribution in [0.15, 0.2) is 18.2 Å². The van der Waals surface area contributed by atoms with E-state index in [1.54, 1.807) is 12.1 Å². The predicted molar refractivity (Wildman–Crippen MR) is 96.6 cm³/mol. The first-order chi connectivity index (χ1) is 11.5. The van der Waals surface area contributed by atoms with Crippen molar-refractivity contribution in [2.24, 2.45) is 11.7 Å². The van der Waals surface area contributed by atoms with Gasteiger partial charge in [-0.3, -0.25) is 4.79 Å². The Hall–Kier alpha value is -1.26. The molecule has 2 aliphatic rings. The fourth-order valence-corrected chi connectivity index (χ4v) is 3.92. The molecule has 0 spiro atoms. The normalized spacial score (nSPS) is 23.3. The third-order valence-corrected chi connectivity index (χ3v) is 5.49. The topological polar surface area (TPSA) is 55.6 Å². The van der Waals surface area contributed by atoms with Crippen molar-refractivity contribution in [3.05, 3.63) is 28.8 Å². The average molecular weight is 351 g/mol. The van der Waals surface area contributed by atoms with Gasteiger partial charge in [0.2, 0.25) is 0 Å². The molecule has 2 fully saturated rings. The summed E-state index contributed by atoms with van der Waals surface area (Å²) in [6.45, 7) is 3.51. The van der Waals surface area contributed by atoms with Crippen molar-refractivity contribution in [2.45, 2.75) is 57.6 Å². The highest BCUT2D eigenvalue weighted by atomic mass is 35.5. The van der Waals surface area contributed by atoms with Gasteiger partial charge in [-0.15, -0.1) is 0 Å². The van der Waals surface area contributed by atoms with E-state index in [9.17, 15) is 4.79 Å². The molecule has 2 N–H and O–H groups in total. The molecule has 24 heavy (non-hydrogen) atoms. The van der Waals surface area contributed by atoms with Crippen LogP contribution >= 0.6 is 11.6 Å². The first-order valence-electron chi connectivity index (χ1n) is 9.05. The van der Waals surface area contributed by atoms with Gasteiger partial charge in [0.15, 0.2) is 0 Å². The number of ether oxygens (including phenoxy) is 1. The SMILES string of the molecule is CC(N)C1CCCN(C(=O)c2cc(Cl)ccc2OC2CCCC2)C1. The number of carbonyl (C=O) groups excluding carboxylic acids is 1. The highest BCUT2D eigenvalue weighted by Crippen LogP contribution is 2.30. The molecule has 2 unspecified atom stereocenters. The molecule has 0 aromatic heterocycles. The summed E-state index contributed by atoms with van der Waals surface area (Å²) in [6, 6.07) is 5.47. The summed E-state index contributed by atoms with van der Waals surface area (Å²) in [5.41, 5.74) is 6.63. The molecule has 0 bridgehead atoms. The molecule has 3 rings (SSSR count). The second kappa shape index (κ2) is 7.75. The maximum atomic E-state index is 13.1.